The normalized spacial score (nSPS) is 15.3. The predicted molar refractivity (Wildman–Crippen MR) is 70.1 cm³/mol. The largest absolute Gasteiger partial charge is 0.477 e. The molecule has 2 nitrogen and oxygen atoms in total. The van der Waals surface area contributed by atoms with Crippen LogP contribution in [0.3, 0.4) is 0 Å². The van der Waals surface area contributed by atoms with Crippen molar-refractivity contribution in [1.29, 1.82) is 0 Å². The SMILES string of the molecule is C=CCN1COc2c(ccc3ccccc23)C1. The number of fused-ring (bicyclic) bond motifs is 3. The maximum Gasteiger partial charge on any atom is 0.142 e. The average molecular weight is 225 g/mol. The Labute approximate surface area is 101 Å². The van der Waals surface area contributed by atoms with Gasteiger partial charge in [-0.15, -0.1) is 6.58 Å². The first-order valence-electron chi connectivity index (χ1n) is 5.85. The van der Waals surface area contributed by atoms with Gasteiger partial charge in [0.25, 0.3) is 0 Å². The molecule has 2 aromatic carbocycles. The molecular weight excluding hydrogens is 210 g/mol. The monoisotopic (exact) mass is 225 g/mol. The van der Waals surface area contributed by atoms with Crippen LogP contribution >= 0.6 is 0 Å². The summed E-state index contributed by atoms with van der Waals surface area (Å²) < 4.78 is 5.88. The summed E-state index contributed by atoms with van der Waals surface area (Å²) in [5, 5.41) is 2.45. The van der Waals surface area contributed by atoms with Crippen LogP contribution in [0.15, 0.2) is 49.1 Å². The fourth-order valence-corrected chi connectivity index (χ4v) is 2.33. The molecule has 0 aromatic heterocycles. The van der Waals surface area contributed by atoms with Crippen LogP contribution in [-0.2, 0) is 6.54 Å². The molecule has 2 aromatic rings. The van der Waals surface area contributed by atoms with E-state index in [0.29, 0.717) is 6.73 Å². The quantitative estimate of drug-likeness (QED) is 0.728. The molecule has 1 aliphatic heterocycles. The fraction of sp³-hybridized carbons (Fsp3) is 0.200. The molecule has 1 heterocycles. The van der Waals surface area contributed by atoms with Crippen molar-refractivity contribution in [2.75, 3.05) is 13.3 Å². The van der Waals surface area contributed by atoms with Crippen molar-refractivity contribution in [3.63, 3.8) is 0 Å². The zero-order valence-corrected chi connectivity index (χ0v) is 9.73. The van der Waals surface area contributed by atoms with Crippen LogP contribution in [0.2, 0.25) is 0 Å². The van der Waals surface area contributed by atoms with Crippen LogP contribution < -0.4 is 4.74 Å². The molecule has 0 aliphatic carbocycles. The average Bonchev–Trinajstić information content (AvgIpc) is 2.39. The van der Waals surface area contributed by atoms with Gasteiger partial charge in [0.15, 0.2) is 0 Å². The highest BCUT2D eigenvalue weighted by Gasteiger charge is 2.17. The number of hydrogen-bond donors (Lipinski definition) is 0. The lowest BCUT2D eigenvalue weighted by Gasteiger charge is -2.28. The summed E-state index contributed by atoms with van der Waals surface area (Å²) in [6.07, 6.45) is 1.91. The molecule has 1 aliphatic rings. The van der Waals surface area contributed by atoms with Gasteiger partial charge in [-0.3, -0.25) is 4.90 Å². The third-order valence-electron chi connectivity index (χ3n) is 3.13. The van der Waals surface area contributed by atoms with Gasteiger partial charge >= 0.3 is 0 Å². The second-order valence-electron chi connectivity index (χ2n) is 4.35. The van der Waals surface area contributed by atoms with E-state index < -0.39 is 0 Å². The van der Waals surface area contributed by atoms with Gasteiger partial charge in [0, 0.05) is 24.0 Å². The molecule has 0 fully saturated rings. The van der Waals surface area contributed by atoms with Crippen molar-refractivity contribution in [3.8, 4) is 5.75 Å². The number of ether oxygens (including phenoxy) is 1. The van der Waals surface area contributed by atoms with Gasteiger partial charge in [-0.05, 0) is 5.39 Å². The maximum absolute atomic E-state index is 5.88. The molecule has 0 N–H and O–H groups in total. The summed E-state index contributed by atoms with van der Waals surface area (Å²) in [5.41, 5.74) is 1.26. The molecule has 17 heavy (non-hydrogen) atoms. The fourth-order valence-electron chi connectivity index (χ4n) is 2.33. The summed E-state index contributed by atoms with van der Waals surface area (Å²) in [5.74, 6) is 1.04. The van der Waals surface area contributed by atoms with Gasteiger partial charge in [-0.25, -0.2) is 0 Å². The van der Waals surface area contributed by atoms with Crippen LogP contribution in [0, 0.1) is 0 Å². The van der Waals surface area contributed by atoms with E-state index in [0.717, 1.165) is 18.8 Å². The van der Waals surface area contributed by atoms with Crippen molar-refractivity contribution in [3.05, 3.63) is 54.6 Å². The van der Waals surface area contributed by atoms with E-state index in [9.17, 15) is 0 Å². The third kappa shape index (κ3) is 1.81. The molecule has 0 amide bonds. The van der Waals surface area contributed by atoms with Crippen molar-refractivity contribution in [2.45, 2.75) is 6.54 Å². The second kappa shape index (κ2) is 4.22. The van der Waals surface area contributed by atoms with Crippen molar-refractivity contribution in [2.24, 2.45) is 0 Å². The molecule has 3 rings (SSSR count). The lowest BCUT2D eigenvalue weighted by atomic mass is 10.0. The molecule has 0 atom stereocenters. The molecule has 86 valence electrons. The van der Waals surface area contributed by atoms with Gasteiger partial charge in [0.05, 0.1) is 0 Å². The first-order valence-corrected chi connectivity index (χ1v) is 5.85. The molecule has 0 spiro atoms. The highest BCUT2D eigenvalue weighted by Crippen LogP contribution is 2.33. The van der Waals surface area contributed by atoms with E-state index in [1.54, 1.807) is 0 Å². The van der Waals surface area contributed by atoms with E-state index in [1.165, 1.54) is 16.3 Å². The number of hydrogen-bond acceptors (Lipinski definition) is 2. The standard InChI is InChI=1S/C15H15NO/c1-2-9-16-10-13-8-7-12-5-3-4-6-14(12)15(13)17-11-16/h2-8H,1,9-11H2. The Morgan fingerprint density at radius 1 is 1.24 bits per heavy atom. The van der Waals surface area contributed by atoms with Gasteiger partial charge in [-0.2, -0.15) is 0 Å². The molecule has 0 saturated carbocycles. The van der Waals surface area contributed by atoms with Crippen LogP contribution in [0.25, 0.3) is 10.8 Å². The minimum Gasteiger partial charge on any atom is -0.477 e. The van der Waals surface area contributed by atoms with Crippen LogP contribution in [-0.4, -0.2) is 18.2 Å². The molecule has 0 saturated heterocycles. The van der Waals surface area contributed by atoms with Crippen LogP contribution in [0.4, 0.5) is 0 Å². The second-order valence-corrected chi connectivity index (χ2v) is 4.35. The lowest BCUT2D eigenvalue weighted by Crippen LogP contribution is -2.32. The van der Waals surface area contributed by atoms with Crippen molar-refractivity contribution < 1.29 is 4.74 Å². The predicted octanol–water partition coefficient (Wildman–Crippen LogP) is 3.18. The minimum atomic E-state index is 0.646. The Hall–Kier alpha value is -1.80. The highest BCUT2D eigenvalue weighted by molar-refractivity contribution is 5.89. The summed E-state index contributed by atoms with van der Waals surface area (Å²) in [4.78, 5) is 2.23. The zero-order valence-electron chi connectivity index (χ0n) is 9.73. The summed E-state index contributed by atoms with van der Waals surface area (Å²) >= 11 is 0. The Bertz CT molecular complexity index is 562. The Morgan fingerprint density at radius 2 is 2.12 bits per heavy atom. The first-order chi connectivity index (χ1) is 8.38. The summed E-state index contributed by atoms with van der Waals surface area (Å²) in [6.45, 7) is 6.21. The number of benzene rings is 2. The van der Waals surface area contributed by atoms with Crippen LogP contribution in [0.5, 0.6) is 5.75 Å². The van der Waals surface area contributed by atoms with Crippen LogP contribution in [0.1, 0.15) is 5.56 Å². The minimum absolute atomic E-state index is 0.646. The molecule has 0 bridgehead atoms. The molecule has 0 unspecified atom stereocenters. The lowest BCUT2D eigenvalue weighted by molar-refractivity contribution is 0.109. The van der Waals surface area contributed by atoms with E-state index in [2.05, 4.69) is 47.9 Å². The van der Waals surface area contributed by atoms with Crippen molar-refractivity contribution >= 4 is 10.8 Å². The van der Waals surface area contributed by atoms with E-state index >= 15 is 0 Å². The highest BCUT2D eigenvalue weighted by atomic mass is 16.5. The van der Waals surface area contributed by atoms with Gasteiger partial charge in [0.1, 0.15) is 12.5 Å². The number of nitrogens with zero attached hydrogens (tertiary/aromatic N) is 1. The first kappa shape index (κ1) is 10.4. The van der Waals surface area contributed by atoms with Gasteiger partial charge in [-0.1, -0.05) is 42.5 Å². The Morgan fingerprint density at radius 3 is 3.00 bits per heavy atom. The topological polar surface area (TPSA) is 12.5 Å². The van der Waals surface area contributed by atoms with Gasteiger partial charge in [0.2, 0.25) is 0 Å². The van der Waals surface area contributed by atoms with E-state index in [-0.39, 0.29) is 0 Å². The van der Waals surface area contributed by atoms with Gasteiger partial charge < -0.3 is 4.74 Å². The maximum atomic E-state index is 5.88. The van der Waals surface area contributed by atoms with E-state index in [4.69, 9.17) is 4.74 Å². The summed E-state index contributed by atoms with van der Waals surface area (Å²) in [6, 6.07) is 12.7. The third-order valence-corrected chi connectivity index (χ3v) is 3.13. The molecular formula is C15H15NO. The van der Waals surface area contributed by atoms with Crippen molar-refractivity contribution in [1.82, 2.24) is 4.90 Å². The zero-order chi connectivity index (χ0) is 11.7. The smallest absolute Gasteiger partial charge is 0.142 e. The molecule has 2 heteroatoms. The number of rotatable bonds is 2. The Kier molecular flexibility index (Phi) is 2.57. The van der Waals surface area contributed by atoms with E-state index in [1.807, 2.05) is 6.08 Å². The molecule has 0 radical (unpaired) electrons. The Balaban J connectivity index is 2.05. The summed E-state index contributed by atoms with van der Waals surface area (Å²) in [7, 11) is 0.